The minimum atomic E-state index is -0.235. The molecule has 2 saturated heterocycles. The number of hydrogen-bond acceptors (Lipinski definition) is 6. The molecular formula is C18H23ClN2O5. The monoisotopic (exact) mass is 382 g/mol. The maximum absolute atomic E-state index is 12.6. The highest BCUT2D eigenvalue weighted by molar-refractivity contribution is 6.34. The number of nitrogens with zero attached hydrogens (tertiary/aromatic N) is 1. The number of amides is 1. The van der Waals surface area contributed by atoms with E-state index in [0.717, 1.165) is 25.8 Å². The number of ether oxygens (including phenoxy) is 4. The van der Waals surface area contributed by atoms with E-state index < -0.39 is 0 Å². The molecule has 1 atom stereocenters. The fourth-order valence-corrected chi connectivity index (χ4v) is 3.85. The van der Waals surface area contributed by atoms with Crippen LogP contribution < -0.4 is 14.8 Å². The smallest absolute Gasteiger partial charge is 0.238 e. The van der Waals surface area contributed by atoms with Crippen molar-refractivity contribution in [3.05, 3.63) is 17.2 Å². The van der Waals surface area contributed by atoms with Crippen LogP contribution in [0.4, 0.5) is 5.69 Å². The summed E-state index contributed by atoms with van der Waals surface area (Å²) in [5.74, 6) is 1.08. The Bertz CT molecular complexity index is 665. The number of likely N-dealkylation sites (tertiary alicyclic amines) is 1. The summed E-state index contributed by atoms with van der Waals surface area (Å²) in [4.78, 5) is 14.7. The molecule has 4 rings (SSSR count). The number of piperidine rings is 1. The van der Waals surface area contributed by atoms with Gasteiger partial charge >= 0.3 is 0 Å². The van der Waals surface area contributed by atoms with Crippen LogP contribution in [0.25, 0.3) is 0 Å². The number of carbonyl (C=O) groups excluding carboxylic acids is 1. The summed E-state index contributed by atoms with van der Waals surface area (Å²) in [5.41, 5.74) is 0.530. The summed E-state index contributed by atoms with van der Waals surface area (Å²) < 4.78 is 22.4. The summed E-state index contributed by atoms with van der Waals surface area (Å²) in [6, 6.07) is 3.51. The van der Waals surface area contributed by atoms with E-state index >= 15 is 0 Å². The van der Waals surface area contributed by atoms with Gasteiger partial charge < -0.3 is 24.3 Å². The van der Waals surface area contributed by atoms with Crippen molar-refractivity contribution in [2.45, 2.75) is 31.6 Å². The predicted molar refractivity (Wildman–Crippen MR) is 96.0 cm³/mol. The fourth-order valence-electron chi connectivity index (χ4n) is 3.65. The predicted octanol–water partition coefficient (Wildman–Crippen LogP) is 2.28. The zero-order valence-electron chi connectivity index (χ0n) is 14.5. The Morgan fingerprint density at radius 3 is 2.62 bits per heavy atom. The number of benzene rings is 1. The molecule has 0 spiro atoms. The van der Waals surface area contributed by atoms with Crippen molar-refractivity contribution in [2.24, 2.45) is 0 Å². The van der Waals surface area contributed by atoms with Crippen LogP contribution in [0.3, 0.4) is 0 Å². The lowest BCUT2D eigenvalue weighted by molar-refractivity contribution is -0.127. The number of carbonyl (C=O) groups is 1. The lowest BCUT2D eigenvalue weighted by atomic mass is 10.0. The van der Waals surface area contributed by atoms with Gasteiger partial charge in [0.1, 0.15) is 13.2 Å². The highest BCUT2D eigenvalue weighted by Gasteiger charge is 2.34. The van der Waals surface area contributed by atoms with E-state index in [1.807, 2.05) is 0 Å². The summed E-state index contributed by atoms with van der Waals surface area (Å²) in [6.07, 6.45) is 2.94. The number of fused-ring (bicyclic) bond motifs is 1. The number of halogens is 1. The quantitative estimate of drug-likeness (QED) is 0.861. The van der Waals surface area contributed by atoms with Gasteiger partial charge in [0.25, 0.3) is 0 Å². The van der Waals surface area contributed by atoms with Crippen LogP contribution in [0.2, 0.25) is 5.02 Å². The van der Waals surface area contributed by atoms with Crippen molar-refractivity contribution < 1.29 is 23.7 Å². The highest BCUT2D eigenvalue weighted by Crippen LogP contribution is 2.38. The molecule has 1 aromatic carbocycles. The van der Waals surface area contributed by atoms with Crippen LogP contribution in [0.1, 0.15) is 19.3 Å². The van der Waals surface area contributed by atoms with Crippen molar-refractivity contribution in [1.29, 1.82) is 0 Å². The third-order valence-electron chi connectivity index (χ3n) is 4.88. The Morgan fingerprint density at radius 2 is 1.85 bits per heavy atom. The minimum Gasteiger partial charge on any atom is -0.486 e. The average Bonchev–Trinajstić information content (AvgIpc) is 3.17. The third kappa shape index (κ3) is 3.91. The van der Waals surface area contributed by atoms with E-state index in [1.54, 1.807) is 12.1 Å². The highest BCUT2D eigenvalue weighted by atomic mass is 35.5. The first-order valence-corrected chi connectivity index (χ1v) is 9.45. The van der Waals surface area contributed by atoms with E-state index in [4.69, 9.17) is 30.5 Å². The Morgan fingerprint density at radius 1 is 1.12 bits per heavy atom. The Balaban J connectivity index is 1.41. The Labute approximate surface area is 157 Å². The zero-order chi connectivity index (χ0) is 17.9. The maximum Gasteiger partial charge on any atom is 0.238 e. The summed E-state index contributed by atoms with van der Waals surface area (Å²) in [6.45, 7) is 3.35. The molecule has 1 amide bonds. The van der Waals surface area contributed by atoms with Crippen LogP contribution in [0.5, 0.6) is 11.5 Å². The molecule has 3 aliphatic heterocycles. The molecular weight excluding hydrogens is 360 g/mol. The van der Waals surface area contributed by atoms with Gasteiger partial charge in [0.15, 0.2) is 17.8 Å². The van der Waals surface area contributed by atoms with E-state index in [0.29, 0.717) is 48.6 Å². The first-order valence-electron chi connectivity index (χ1n) is 9.07. The van der Waals surface area contributed by atoms with Gasteiger partial charge in [-0.25, -0.2) is 0 Å². The molecule has 0 aromatic heterocycles. The Kier molecular flexibility index (Phi) is 5.49. The van der Waals surface area contributed by atoms with E-state index in [-0.39, 0.29) is 24.8 Å². The topological polar surface area (TPSA) is 69.3 Å². The third-order valence-corrected chi connectivity index (χ3v) is 5.19. The molecule has 7 nitrogen and oxygen atoms in total. The molecule has 26 heavy (non-hydrogen) atoms. The fraction of sp³-hybridized carbons (Fsp3) is 0.611. The summed E-state index contributed by atoms with van der Waals surface area (Å²) >= 11 is 6.28. The van der Waals surface area contributed by atoms with Crippen LogP contribution in [0, 0.1) is 0 Å². The van der Waals surface area contributed by atoms with Crippen molar-refractivity contribution in [3.8, 4) is 11.5 Å². The Hall–Kier alpha value is -1.54. The largest absolute Gasteiger partial charge is 0.486 e. The molecule has 3 aliphatic rings. The van der Waals surface area contributed by atoms with Gasteiger partial charge in [-0.15, -0.1) is 0 Å². The molecule has 1 N–H and O–H groups in total. The molecule has 0 aliphatic carbocycles. The molecule has 0 saturated carbocycles. The van der Waals surface area contributed by atoms with Gasteiger partial charge in [-0.05, 0) is 19.4 Å². The van der Waals surface area contributed by atoms with E-state index in [1.165, 1.54) is 0 Å². The normalized spacial score (nSPS) is 23.8. The van der Waals surface area contributed by atoms with E-state index in [2.05, 4.69) is 10.2 Å². The first kappa shape index (κ1) is 17.9. The molecule has 1 aromatic rings. The summed E-state index contributed by atoms with van der Waals surface area (Å²) in [5, 5.41) is 3.32. The second-order valence-corrected chi connectivity index (χ2v) is 7.07. The molecule has 0 bridgehead atoms. The number of anilines is 1. The molecule has 8 heteroatoms. The molecule has 1 unspecified atom stereocenters. The average molecular weight is 383 g/mol. The maximum atomic E-state index is 12.6. The number of nitrogens with one attached hydrogen (secondary N) is 1. The van der Waals surface area contributed by atoms with Crippen LogP contribution in [-0.2, 0) is 14.3 Å². The van der Waals surface area contributed by atoms with Gasteiger partial charge in [0.05, 0.1) is 36.5 Å². The van der Waals surface area contributed by atoms with Gasteiger partial charge in [-0.2, -0.15) is 0 Å². The van der Waals surface area contributed by atoms with Crippen LogP contribution >= 0.6 is 11.6 Å². The molecule has 0 radical (unpaired) electrons. The first-order chi connectivity index (χ1) is 12.7. The number of rotatable bonds is 4. The van der Waals surface area contributed by atoms with Crippen molar-refractivity contribution in [3.63, 3.8) is 0 Å². The van der Waals surface area contributed by atoms with Crippen molar-refractivity contribution in [1.82, 2.24) is 4.90 Å². The second-order valence-electron chi connectivity index (χ2n) is 6.67. The van der Waals surface area contributed by atoms with E-state index in [9.17, 15) is 4.79 Å². The van der Waals surface area contributed by atoms with Crippen LogP contribution in [-0.4, -0.2) is 62.7 Å². The van der Waals surface area contributed by atoms with Gasteiger partial charge in [0, 0.05) is 12.1 Å². The summed E-state index contributed by atoms with van der Waals surface area (Å²) in [7, 11) is 0. The number of hydrogen-bond donors (Lipinski definition) is 1. The minimum absolute atomic E-state index is 0.117. The lowest BCUT2D eigenvalue weighted by Crippen LogP contribution is -2.50. The molecule has 3 heterocycles. The standard InChI is InChI=1S/C18H23ClN2O5/c19-12-9-15-16(24-6-5-23-15)10-13(12)20-17(22)11-21-4-2-1-3-14(21)18-25-7-8-26-18/h9-10,14,18H,1-8,11H2,(H,20,22). The molecule has 2 fully saturated rings. The van der Waals surface area contributed by atoms with Crippen molar-refractivity contribution in [2.75, 3.05) is 44.8 Å². The zero-order valence-corrected chi connectivity index (χ0v) is 15.3. The SMILES string of the molecule is O=C(CN1CCCCC1C1OCCO1)Nc1cc2c(cc1Cl)OCCO2. The molecule has 142 valence electrons. The van der Waals surface area contributed by atoms with Crippen molar-refractivity contribution >= 4 is 23.2 Å². The van der Waals surface area contributed by atoms with Gasteiger partial charge in [-0.3, -0.25) is 9.69 Å². The lowest BCUT2D eigenvalue weighted by Gasteiger charge is -2.37. The van der Waals surface area contributed by atoms with Crippen LogP contribution in [0.15, 0.2) is 12.1 Å². The van der Waals surface area contributed by atoms with Gasteiger partial charge in [-0.1, -0.05) is 18.0 Å². The second kappa shape index (κ2) is 8.00. The van der Waals surface area contributed by atoms with Gasteiger partial charge in [0.2, 0.25) is 5.91 Å².